The number of nitrogens with zero attached hydrogens (tertiary/aromatic N) is 1. The zero-order valence-electron chi connectivity index (χ0n) is 13.4. The molecule has 1 aliphatic rings. The topological polar surface area (TPSA) is 37.4 Å². The van der Waals surface area contributed by atoms with Crippen molar-refractivity contribution in [3.8, 4) is 0 Å². The Morgan fingerprint density at radius 3 is 2.56 bits per heavy atom. The lowest BCUT2D eigenvalue weighted by molar-refractivity contribution is -0.137. The van der Waals surface area contributed by atoms with Crippen molar-refractivity contribution in [1.82, 2.24) is 4.90 Å². The number of thiol groups is 1. The average Bonchev–Trinajstić information content (AvgIpc) is 2.58. The van der Waals surface area contributed by atoms with Crippen LogP contribution in [0.5, 0.6) is 0 Å². The van der Waals surface area contributed by atoms with Crippen molar-refractivity contribution in [2.75, 3.05) is 13.1 Å². The number of halogens is 3. The van der Waals surface area contributed by atoms with E-state index in [1.54, 1.807) is 18.2 Å². The number of hydrogen-bond acceptors (Lipinski definition) is 3. The van der Waals surface area contributed by atoms with Crippen LogP contribution in [-0.2, 0) is 36.3 Å². The van der Waals surface area contributed by atoms with Crippen molar-refractivity contribution < 1.29 is 21.6 Å². The summed E-state index contributed by atoms with van der Waals surface area (Å²) in [7, 11) is -2.58. The highest BCUT2D eigenvalue weighted by atomic mass is 32.2. The minimum absolute atomic E-state index is 0.325. The van der Waals surface area contributed by atoms with Gasteiger partial charge in [0, 0.05) is 19.6 Å². The summed E-state index contributed by atoms with van der Waals surface area (Å²) >= 11 is 0. The van der Waals surface area contributed by atoms with Gasteiger partial charge in [-0.1, -0.05) is 24.3 Å². The minimum atomic E-state index is -4.32. The minimum Gasteiger partial charge on any atom is -0.298 e. The maximum Gasteiger partial charge on any atom is 0.416 e. The van der Waals surface area contributed by atoms with Crippen LogP contribution in [0, 0.1) is 0 Å². The number of benzene rings is 2. The molecule has 0 spiro atoms. The third-order valence-electron chi connectivity index (χ3n) is 4.46. The molecule has 0 saturated carbocycles. The summed E-state index contributed by atoms with van der Waals surface area (Å²) in [5.74, 6) is 0. The molecule has 3 rings (SSSR count). The van der Waals surface area contributed by atoms with Gasteiger partial charge in [-0.15, -0.1) is 0 Å². The molecule has 134 valence electrons. The molecule has 0 aromatic heterocycles. The first-order valence-corrected chi connectivity index (χ1v) is 9.15. The van der Waals surface area contributed by atoms with Gasteiger partial charge in [0.05, 0.1) is 10.5 Å². The van der Waals surface area contributed by atoms with Gasteiger partial charge in [0.15, 0.2) is 10.7 Å². The van der Waals surface area contributed by atoms with E-state index in [1.165, 1.54) is 12.1 Å². The standard InChI is InChI=1S/C18H18F3NO2S/c19-18(20,21)16-3-1-2-13(10-16)6-8-22-9-7-14-11-17(25(23)24)5-4-15(14)12-22/h1-5,10-11,25H,6-9,12H2. The summed E-state index contributed by atoms with van der Waals surface area (Å²) < 4.78 is 60.4. The van der Waals surface area contributed by atoms with Crippen LogP contribution >= 0.6 is 0 Å². The molecule has 0 radical (unpaired) electrons. The maximum atomic E-state index is 12.8. The van der Waals surface area contributed by atoms with Gasteiger partial charge in [-0.25, -0.2) is 8.42 Å². The molecule has 0 N–H and O–H groups in total. The molecule has 1 heterocycles. The van der Waals surface area contributed by atoms with Crippen molar-refractivity contribution >= 4 is 10.7 Å². The van der Waals surface area contributed by atoms with Gasteiger partial charge in [-0.3, -0.25) is 4.90 Å². The summed E-state index contributed by atoms with van der Waals surface area (Å²) in [6, 6.07) is 10.6. The van der Waals surface area contributed by atoms with E-state index in [-0.39, 0.29) is 0 Å². The Bertz CT molecular complexity index is 838. The summed E-state index contributed by atoms with van der Waals surface area (Å²) in [6.45, 7) is 2.12. The Balaban J connectivity index is 1.64. The van der Waals surface area contributed by atoms with Gasteiger partial charge in [0.25, 0.3) is 0 Å². The van der Waals surface area contributed by atoms with Gasteiger partial charge >= 0.3 is 6.18 Å². The monoisotopic (exact) mass is 369 g/mol. The van der Waals surface area contributed by atoms with Crippen LogP contribution in [0.2, 0.25) is 0 Å². The van der Waals surface area contributed by atoms with Crippen LogP contribution in [0.15, 0.2) is 47.4 Å². The molecular formula is C18H18F3NO2S. The molecular weight excluding hydrogens is 351 g/mol. The highest BCUT2D eigenvalue weighted by Crippen LogP contribution is 2.29. The summed E-state index contributed by atoms with van der Waals surface area (Å²) in [5, 5.41) is 0. The first kappa shape index (κ1) is 17.9. The normalized spacial score (nSPS) is 15.4. The number of fused-ring (bicyclic) bond motifs is 1. The van der Waals surface area contributed by atoms with Crippen LogP contribution < -0.4 is 0 Å². The van der Waals surface area contributed by atoms with Crippen LogP contribution in [0.1, 0.15) is 22.3 Å². The van der Waals surface area contributed by atoms with E-state index in [9.17, 15) is 21.6 Å². The van der Waals surface area contributed by atoms with Gasteiger partial charge in [-0.2, -0.15) is 13.2 Å². The lowest BCUT2D eigenvalue weighted by atomic mass is 9.99. The van der Waals surface area contributed by atoms with Crippen molar-refractivity contribution in [1.29, 1.82) is 0 Å². The number of hydrogen-bond donors (Lipinski definition) is 1. The smallest absolute Gasteiger partial charge is 0.298 e. The Morgan fingerprint density at radius 2 is 1.84 bits per heavy atom. The van der Waals surface area contributed by atoms with Gasteiger partial charge < -0.3 is 0 Å². The van der Waals surface area contributed by atoms with Crippen molar-refractivity contribution in [2.24, 2.45) is 0 Å². The molecule has 0 aliphatic carbocycles. The molecule has 0 atom stereocenters. The molecule has 0 saturated heterocycles. The van der Waals surface area contributed by atoms with Crippen LogP contribution in [0.25, 0.3) is 0 Å². The van der Waals surface area contributed by atoms with Gasteiger partial charge in [0.1, 0.15) is 0 Å². The Kier molecular flexibility index (Phi) is 5.15. The SMILES string of the molecule is O=[SH](=O)c1ccc2c(c1)CCN(CCc1cccc(C(F)(F)F)c1)C2. The predicted molar refractivity (Wildman–Crippen MR) is 89.2 cm³/mol. The van der Waals surface area contributed by atoms with E-state index in [4.69, 9.17) is 0 Å². The first-order valence-electron chi connectivity index (χ1n) is 7.97. The largest absolute Gasteiger partial charge is 0.416 e. The highest BCUT2D eigenvalue weighted by molar-refractivity contribution is 7.72. The van der Waals surface area contributed by atoms with E-state index in [0.717, 1.165) is 30.2 Å². The van der Waals surface area contributed by atoms with E-state index >= 15 is 0 Å². The summed E-state index contributed by atoms with van der Waals surface area (Å²) in [5.41, 5.74) is 2.16. The number of alkyl halides is 3. The second-order valence-corrected chi connectivity index (χ2v) is 7.22. The lowest BCUT2D eigenvalue weighted by Crippen LogP contribution is -2.32. The fourth-order valence-electron chi connectivity index (χ4n) is 3.09. The average molecular weight is 369 g/mol. The zero-order valence-corrected chi connectivity index (χ0v) is 14.3. The molecule has 0 amide bonds. The van der Waals surface area contributed by atoms with E-state index < -0.39 is 22.4 Å². The molecule has 1 aliphatic heterocycles. The highest BCUT2D eigenvalue weighted by Gasteiger charge is 2.30. The quantitative estimate of drug-likeness (QED) is 0.841. The fraction of sp³-hybridized carbons (Fsp3) is 0.333. The molecule has 7 heteroatoms. The van der Waals surface area contributed by atoms with Crippen LogP contribution in [0.3, 0.4) is 0 Å². The van der Waals surface area contributed by atoms with Crippen molar-refractivity contribution in [3.05, 3.63) is 64.7 Å². The molecule has 2 aromatic rings. The van der Waals surface area contributed by atoms with E-state index in [2.05, 4.69) is 4.90 Å². The summed E-state index contributed by atoms with van der Waals surface area (Å²) in [6.07, 6.45) is -3.03. The predicted octanol–water partition coefficient (Wildman–Crippen LogP) is 3.28. The summed E-state index contributed by atoms with van der Waals surface area (Å²) in [4.78, 5) is 2.51. The van der Waals surface area contributed by atoms with Crippen LogP contribution in [0.4, 0.5) is 13.2 Å². The Hall–Kier alpha value is -1.86. The molecule has 0 unspecified atom stereocenters. The third-order valence-corrected chi connectivity index (χ3v) is 5.16. The lowest BCUT2D eigenvalue weighted by Gasteiger charge is -2.29. The van der Waals surface area contributed by atoms with Crippen molar-refractivity contribution in [3.63, 3.8) is 0 Å². The molecule has 3 nitrogen and oxygen atoms in total. The van der Waals surface area contributed by atoms with Crippen LogP contribution in [-0.4, -0.2) is 26.4 Å². The molecule has 0 fully saturated rings. The van der Waals surface area contributed by atoms with Gasteiger partial charge in [-0.05, 0) is 47.7 Å². The Labute approximate surface area is 146 Å². The Morgan fingerprint density at radius 1 is 1.04 bits per heavy atom. The second-order valence-electron chi connectivity index (χ2n) is 6.18. The van der Waals surface area contributed by atoms with E-state index in [1.807, 2.05) is 6.07 Å². The van der Waals surface area contributed by atoms with E-state index in [0.29, 0.717) is 30.0 Å². The fourth-order valence-corrected chi connectivity index (χ4v) is 3.55. The van der Waals surface area contributed by atoms with Crippen molar-refractivity contribution in [2.45, 2.75) is 30.5 Å². The second kappa shape index (κ2) is 7.17. The zero-order chi connectivity index (χ0) is 18.0. The third kappa shape index (κ3) is 4.41. The number of rotatable bonds is 4. The maximum absolute atomic E-state index is 12.8. The molecule has 0 bridgehead atoms. The molecule has 2 aromatic carbocycles. The first-order chi connectivity index (χ1) is 11.8. The molecule has 25 heavy (non-hydrogen) atoms. The van der Waals surface area contributed by atoms with Gasteiger partial charge in [0.2, 0.25) is 0 Å².